The highest BCUT2D eigenvalue weighted by atomic mass is 32.2. The van der Waals surface area contributed by atoms with Gasteiger partial charge in [-0.25, -0.2) is 13.4 Å². The number of pyridine rings is 1. The van der Waals surface area contributed by atoms with Gasteiger partial charge in [-0.05, 0) is 61.4 Å². The van der Waals surface area contributed by atoms with Crippen molar-refractivity contribution in [2.45, 2.75) is 35.1 Å². The van der Waals surface area contributed by atoms with Gasteiger partial charge in [-0.15, -0.1) is 0 Å². The summed E-state index contributed by atoms with van der Waals surface area (Å²) < 4.78 is 27.8. The molecule has 0 radical (unpaired) electrons. The first-order valence-electron chi connectivity index (χ1n) is 9.49. The Balaban J connectivity index is 1.65. The molecule has 1 amide bonds. The molecule has 0 aliphatic carbocycles. The summed E-state index contributed by atoms with van der Waals surface area (Å²) in [6, 6.07) is 17.5. The van der Waals surface area contributed by atoms with Crippen molar-refractivity contribution in [1.29, 1.82) is 0 Å². The lowest BCUT2D eigenvalue weighted by molar-refractivity contribution is 0.0953. The lowest BCUT2D eigenvalue weighted by atomic mass is 10.2. The molecule has 0 saturated heterocycles. The molecule has 2 N–H and O–H groups in total. The van der Waals surface area contributed by atoms with Gasteiger partial charge in [0.25, 0.3) is 15.9 Å². The zero-order valence-electron chi connectivity index (χ0n) is 16.8. The highest BCUT2D eigenvalue weighted by molar-refractivity contribution is 7.99. The monoisotopic (exact) mass is 441 g/mol. The third-order valence-electron chi connectivity index (χ3n) is 4.25. The summed E-state index contributed by atoms with van der Waals surface area (Å²) in [4.78, 5) is 17.4. The molecule has 1 heterocycles. The molecule has 0 saturated carbocycles. The van der Waals surface area contributed by atoms with Gasteiger partial charge in [0, 0.05) is 23.3 Å². The average molecular weight is 442 g/mol. The molecule has 30 heavy (non-hydrogen) atoms. The molecular weight excluding hydrogens is 418 g/mol. The Hall–Kier alpha value is -2.84. The Kier molecular flexibility index (Phi) is 7.12. The lowest BCUT2D eigenvalue weighted by Crippen LogP contribution is -2.23. The minimum atomic E-state index is -3.64. The topological polar surface area (TPSA) is 88.2 Å². The van der Waals surface area contributed by atoms with Crippen LogP contribution in [0.3, 0.4) is 0 Å². The van der Waals surface area contributed by atoms with Crippen LogP contribution in [0.25, 0.3) is 0 Å². The second kappa shape index (κ2) is 9.77. The smallest absolute Gasteiger partial charge is 0.262 e. The number of hydrogen-bond acceptors (Lipinski definition) is 5. The molecule has 0 unspecified atom stereocenters. The Bertz CT molecular complexity index is 1110. The molecule has 0 aliphatic rings. The number of amides is 1. The van der Waals surface area contributed by atoms with Crippen molar-refractivity contribution in [3.63, 3.8) is 0 Å². The van der Waals surface area contributed by atoms with Crippen LogP contribution in [0.1, 0.15) is 29.3 Å². The van der Waals surface area contributed by atoms with Gasteiger partial charge in [0.05, 0.1) is 10.5 Å². The summed E-state index contributed by atoms with van der Waals surface area (Å²) in [5.41, 5.74) is 1.70. The summed E-state index contributed by atoms with van der Waals surface area (Å²) in [6.07, 6.45) is 2.43. The highest BCUT2D eigenvalue weighted by Gasteiger charge is 2.16. The number of benzene rings is 2. The second-order valence-electron chi connectivity index (χ2n) is 6.64. The molecule has 2 aromatic carbocycles. The SMILES string of the molecule is CCCNC(=O)c1ccc(Sc2ccc(NS(=O)(=O)c3ccccc3C)cc2)nc1. The number of nitrogens with one attached hydrogen (secondary N) is 2. The Labute approximate surface area is 181 Å². The number of rotatable bonds is 8. The second-order valence-corrected chi connectivity index (χ2v) is 9.38. The molecule has 3 rings (SSSR count). The quantitative estimate of drug-likeness (QED) is 0.538. The van der Waals surface area contributed by atoms with Crippen LogP contribution in [0.4, 0.5) is 5.69 Å². The van der Waals surface area contributed by atoms with Gasteiger partial charge in [-0.2, -0.15) is 0 Å². The molecule has 156 valence electrons. The van der Waals surface area contributed by atoms with E-state index in [9.17, 15) is 13.2 Å². The fraction of sp³-hybridized carbons (Fsp3) is 0.182. The lowest BCUT2D eigenvalue weighted by Gasteiger charge is -2.10. The van der Waals surface area contributed by atoms with Gasteiger partial charge in [0.1, 0.15) is 5.03 Å². The van der Waals surface area contributed by atoms with Crippen LogP contribution in [-0.2, 0) is 10.0 Å². The van der Waals surface area contributed by atoms with Crippen molar-refractivity contribution in [3.8, 4) is 0 Å². The number of carbonyl (C=O) groups is 1. The fourth-order valence-corrected chi connectivity index (χ4v) is 4.76. The number of hydrogen-bond donors (Lipinski definition) is 2. The number of aryl methyl sites for hydroxylation is 1. The number of carbonyl (C=O) groups excluding carboxylic acids is 1. The standard InChI is InChI=1S/C22H23N3O3S2/c1-3-14-23-22(26)17-8-13-21(24-15-17)29-19-11-9-18(10-12-19)25-30(27,28)20-7-5-4-6-16(20)2/h4-13,15,25H,3,14H2,1-2H3,(H,23,26). The van der Waals surface area contributed by atoms with Crippen LogP contribution >= 0.6 is 11.8 Å². The van der Waals surface area contributed by atoms with Gasteiger partial charge in [-0.1, -0.05) is 36.9 Å². The fourth-order valence-electron chi connectivity index (χ4n) is 2.70. The van der Waals surface area contributed by atoms with Gasteiger partial charge in [0.15, 0.2) is 0 Å². The molecule has 1 aromatic heterocycles. The number of aromatic nitrogens is 1. The van der Waals surface area contributed by atoms with Crippen LogP contribution in [0.15, 0.2) is 81.7 Å². The molecule has 3 aromatic rings. The van der Waals surface area contributed by atoms with Gasteiger partial charge in [0.2, 0.25) is 0 Å². The van der Waals surface area contributed by atoms with E-state index in [2.05, 4.69) is 15.0 Å². The maximum Gasteiger partial charge on any atom is 0.262 e. The minimum Gasteiger partial charge on any atom is -0.352 e. The molecule has 0 aliphatic heterocycles. The van der Waals surface area contributed by atoms with E-state index in [4.69, 9.17) is 0 Å². The highest BCUT2D eigenvalue weighted by Crippen LogP contribution is 2.28. The summed E-state index contributed by atoms with van der Waals surface area (Å²) >= 11 is 1.43. The van der Waals surface area contributed by atoms with Crippen LogP contribution in [0, 0.1) is 6.92 Å². The van der Waals surface area contributed by atoms with Crippen molar-refractivity contribution in [3.05, 3.63) is 78.0 Å². The van der Waals surface area contributed by atoms with E-state index < -0.39 is 10.0 Å². The summed E-state index contributed by atoms with van der Waals surface area (Å²) in [5, 5.41) is 3.56. The third kappa shape index (κ3) is 5.61. The van der Waals surface area contributed by atoms with Gasteiger partial charge >= 0.3 is 0 Å². The molecule has 0 bridgehead atoms. The van der Waals surface area contributed by atoms with Crippen molar-refractivity contribution in [2.75, 3.05) is 11.3 Å². The maximum atomic E-state index is 12.6. The first-order valence-corrected chi connectivity index (χ1v) is 11.8. The van der Waals surface area contributed by atoms with Crippen molar-refractivity contribution >= 4 is 33.4 Å². The van der Waals surface area contributed by atoms with Crippen molar-refractivity contribution in [1.82, 2.24) is 10.3 Å². The minimum absolute atomic E-state index is 0.133. The Morgan fingerprint density at radius 3 is 2.40 bits per heavy atom. The Morgan fingerprint density at radius 2 is 1.77 bits per heavy atom. The molecule has 0 fully saturated rings. The van der Waals surface area contributed by atoms with Crippen molar-refractivity contribution < 1.29 is 13.2 Å². The maximum absolute atomic E-state index is 12.6. The normalized spacial score (nSPS) is 11.1. The van der Waals surface area contributed by atoms with Crippen LogP contribution in [0.5, 0.6) is 0 Å². The van der Waals surface area contributed by atoms with E-state index in [0.29, 0.717) is 23.4 Å². The first kappa shape index (κ1) is 21.9. The zero-order valence-corrected chi connectivity index (χ0v) is 18.4. The van der Waals surface area contributed by atoms with E-state index in [0.717, 1.165) is 16.3 Å². The molecule has 8 heteroatoms. The van der Waals surface area contributed by atoms with E-state index in [1.54, 1.807) is 61.7 Å². The zero-order chi connectivity index (χ0) is 21.6. The van der Waals surface area contributed by atoms with E-state index >= 15 is 0 Å². The van der Waals surface area contributed by atoms with Crippen LogP contribution < -0.4 is 10.0 Å². The van der Waals surface area contributed by atoms with E-state index in [1.165, 1.54) is 11.8 Å². The molecular formula is C22H23N3O3S2. The van der Waals surface area contributed by atoms with Crippen LogP contribution in [0.2, 0.25) is 0 Å². The molecule has 6 nitrogen and oxygen atoms in total. The number of nitrogens with zero attached hydrogens (tertiary/aromatic N) is 1. The predicted octanol–water partition coefficient (Wildman–Crippen LogP) is 4.48. The molecule has 0 atom stereocenters. The van der Waals surface area contributed by atoms with Gasteiger partial charge in [-0.3, -0.25) is 9.52 Å². The van der Waals surface area contributed by atoms with Crippen LogP contribution in [-0.4, -0.2) is 25.9 Å². The summed E-state index contributed by atoms with van der Waals surface area (Å²) in [7, 11) is -3.64. The van der Waals surface area contributed by atoms with E-state index in [-0.39, 0.29) is 10.8 Å². The number of sulfonamides is 1. The van der Waals surface area contributed by atoms with E-state index in [1.807, 2.05) is 19.1 Å². The summed E-state index contributed by atoms with van der Waals surface area (Å²) in [5.74, 6) is -0.133. The summed E-state index contributed by atoms with van der Waals surface area (Å²) in [6.45, 7) is 4.40. The largest absolute Gasteiger partial charge is 0.352 e. The van der Waals surface area contributed by atoms with Gasteiger partial charge < -0.3 is 5.32 Å². The number of anilines is 1. The third-order valence-corrected chi connectivity index (χ3v) is 6.75. The first-order chi connectivity index (χ1) is 14.4. The predicted molar refractivity (Wildman–Crippen MR) is 119 cm³/mol. The average Bonchev–Trinajstić information content (AvgIpc) is 2.74. The Morgan fingerprint density at radius 1 is 1.03 bits per heavy atom. The van der Waals surface area contributed by atoms with Crippen molar-refractivity contribution in [2.24, 2.45) is 0 Å². The molecule has 0 spiro atoms.